The van der Waals surface area contributed by atoms with Gasteiger partial charge in [-0.25, -0.2) is 15.0 Å². The summed E-state index contributed by atoms with van der Waals surface area (Å²) in [5.41, 5.74) is 7.25. The molecule has 9 heteroatoms. The zero-order valence-electron chi connectivity index (χ0n) is 20.8. The normalized spacial score (nSPS) is 17.7. The molecule has 3 aromatic heterocycles. The molecule has 4 aromatic rings. The maximum Gasteiger partial charge on any atom is 0.231 e. The Kier molecular flexibility index (Phi) is 5.36. The van der Waals surface area contributed by atoms with Crippen molar-refractivity contribution in [2.24, 2.45) is 0 Å². The van der Waals surface area contributed by atoms with Gasteiger partial charge in [0.25, 0.3) is 0 Å². The van der Waals surface area contributed by atoms with E-state index >= 15 is 0 Å². The van der Waals surface area contributed by atoms with E-state index in [-0.39, 0.29) is 0 Å². The second kappa shape index (κ2) is 8.74. The molecule has 0 unspecified atom stereocenters. The first-order valence-corrected chi connectivity index (χ1v) is 13.6. The van der Waals surface area contributed by atoms with Crippen molar-refractivity contribution in [3.63, 3.8) is 0 Å². The van der Waals surface area contributed by atoms with E-state index in [0.29, 0.717) is 6.79 Å². The zero-order valence-corrected chi connectivity index (χ0v) is 21.6. The first-order valence-electron chi connectivity index (χ1n) is 12.8. The van der Waals surface area contributed by atoms with Crippen LogP contribution in [0.1, 0.15) is 34.7 Å². The van der Waals surface area contributed by atoms with Crippen molar-refractivity contribution in [3.8, 4) is 22.1 Å². The Morgan fingerprint density at radius 1 is 0.972 bits per heavy atom. The van der Waals surface area contributed by atoms with E-state index in [9.17, 15) is 0 Å². The van der Waals surface area contributed by atoms with Crippen molar-refractivity contribution in [2.45, 2.75) is 46.2 Å². The van der Waals surface area contributed by atoms with E-state index in [1.165, 1.54) is 40.1 Å². The molecule has 0 N–H and O–H groups in total. The lowest BCUT2D eigenvalue weighted by atomic mass is 10.1. The molecule has 7 rings (SSSR count). The third-order valence-electron chi connectivity index (χ3n) is 7.73. The van der Waals surface area contributed by atoms with Crippen LogP contribution in [0.15, 0.2) is 24.5 Å². The summed E-state index contributed by atoms with van der Waals surface area (Å²) in [5, 5.41) is 1.10. The molecule has 186 valence electrons. The number of ether oxygens (including phenoxy) is 2. The van der Waals surface area contributed by atoms with Gasteiger partial charge in [0.1, 0.15) is 22.4 Å². The van der Waals surface area contributed by atoms with Crippen LogP contribution in [-0.2, 0) is 19.5 Å². The Morgan fingerprint density at radius 3 is 2.67 bits per heavy atom. The van der Waals surface area contributed by atoms with Gasteiger partial charge in [-0.1, -0.05) is 6.07 Å². The van der Waals surface area contributed by atoms with Gasteiger partial charge in [0.2, 0.25) is 6.79 Å². The van der Waals surface area contributed by atoms with Crippen molar-refractivity contribution in [1.29, 1.82) is 0 Å². The van der Waals surface area contributed by atoms with Crippen LogP contribution in [-0.4, -0.2) is 57.4 Å². The third-order valence-corrected chi connectivity index (χ3v) is 8.82. The number of piperazine rings is 1. The number of anilines is 1. The smallest absolute Gasteiger partial charge is 0.231 e. The van der Waals surface area contributed by atoms with Crippen LogP contribution in [0, 0.1) is 13.8 Å². The fourth-order valence-corrected chi connectivity index (χ4v) is 6.71. The van der Waals surface area contributed by atoms with Crippen LogP contribution in [0.2, 0.25) is 0 Å². The fourth-order valence-electron chi connectivity index (χ4n) is 5.73. The summed E-state index contributed by atoms with van der Waals surface area (Å²) in [6.45, 7) is 10.4. The molecule has 0 radical (unpaired) electrons. The lowest BCUT2D eigenvalue weighted by Crippen LogP contribution is -2.46. The monoisotopic (exact) mass is 502 g/mol. The van der Waals surface area contributed by atoms with E-state index in [2.05, 4.69) is 40.3 Å². The second-order valence-electron chi connectivity index (χ2n) is 9.94. The second-order valence-corrected chi connectivity index (χ2v) is 11.1. The Labute approximate surface area is 214 Å². The standard InChI is InChI=1S/C27H30N6O2S/c1-17-18(2)36-27(30-17)23-20-5-3-4-8-33(20)25-24(23)28-15-29-26(25)32-11-9-31(10-12-32)14-19-6-7-21-22(13-19)35-16-34-21/h6-7,13,15H,3-5,8-12,14,16H2,1-2H3. The van der Waals surface area contributed by atoms with Gasteiger partial charge < -0.3 is 18.9 Å². The minimum atomic E-state index is 0.317. The number of hydrogen-bond acceptors (Lipinski definition) is 8. The summed E-state index contributed by atoms with van der Waals surface area (Å²) < 4.78 is 13.5. The molecule has 0 spiro atoms. The Bertz CT molecular complexity index is 1430. The topological polar surface area (TPSA) is 68.5 Å². The average molecular weight is 503 g/mol. The highest BCUT2D eigenvalue weighted by atomic mass is 32.1. The maximum atomic E-state index is 5.56. The molecule has 0 atom stereocenters. The van der Waals surface area contributed by atoms with Gasteiger partial charge in [0.05, 0.1) is 11.3 Å². The molecule has 0 amide bonds. The molecular weight excluding hydrogens is 472 g/mol. The Balaban J connectivity index is 1.18. The minimum Gasteiger partial charge on any atom is -0.454 e. The first kappa shape index (κ1) is 22.1. The molecule has 0 saturated carbocycles. The van der Waals surface area contributed by atoms with Crippen molar-refractivity contribution in [2.75, 3.05) is 37.9 Å². The summed E-state index contributed by atoms with van der Waals surface area (Å²) >= 11 is 1.79. The van der Waals surface area contributed by atoms with E-state index < -0.39 is 0 Å². The molecule has 1 aromatic carbocycles. The number of nitrogens with zero attached hydrogens (tertiary/aromatic N) is 6. The van der Waals surface area contributed by atoms with Crippen LogP contribution in [0.4, 0.5) is 5.82 Å². The third kappa shape index (κ3) is 3.64. The quantitative estimate of drug-likeness (QED) is 0.405. The Hall–Kier alpha value is -3.17. The number of fused-ring (bicyclic) bond motifs is 4. The van der Waals surface area contributed by atoms with Gasteiger partial charge in [-0.2, -0.15) is 0 Å². The molecule has 3 aliphatic heterocycles. The molecule has 3 aliphatic rings. The molecule has 1 saturated heterocycles. The highest BCUT2D eigenvalue weighted by Crippen LogP contribution is 2.42. The highest BCUT2D eigenvalue weighted by molar-refractivity contribution is 7.15. The minimum absolute atomic E-state index is 0.317. The summed E-state index contributed by atoms with van der Waals surface area (Å²) in [6, 6.07) is 6.27. The molecule has 0 aliphatic carbocycles. The van der Waals surface area contributed by atoms with Gasteiger partial charge in [-0.15, -0.1) is 11.3 Å². The maximum absolute atomic E-state index is 5.56. The summed E-state index contributed by atoms with van der Waals surface area (Å²) in [5.74, 6) is 2.77. The highest BCUT2D eigenvalue weighted by Gasteiger charge is 2.29. The van der Waals surface area contributed by atoms with Gasteiger partial charge in [-0.3, -0.25) is 4.90 Å². The largest absolute Gasteiger partial charge is 0.454 e. The van der Waals surface area contributed by atoms with E-state index in [4.69, 9.17) is 24.4 Å². The first-order chi connectivity index (χ1) is 17.7. The van der Waals surface area contributed by atoms with Gasteiger partial charge >= 0.3 is 0 Å². The molecule has 6 heterocycles. The van der Waals surface area contributed by atoms with Crippen molar-refractivity contribution >= 4 is 28.2 Å². The number of thiazole rings is 1. The summed E-state index contributed by atoms with van der Waals surface area (Å²) in [7, 11) is 0. The average Bonchev–Trinajstić information content (AvgIpc) is 3.59. The van der Waals surface area contributed by atoms with Crippen LogP contribution in [0.25, 0.3) is 21.6 Å². The number of rotatable bonds is 4. The lowest BCUT2D eigenvalue weighted by Gasteiger charge is -2.35. The van der Waals surface area contributed by atoms with E-state index in [1.54, 1.807) is 17.7 Å². The van der Waals surface area contributed by atoms with Crippen molar-refractivity contribution in [3.05, 3.63) is 46.4 Å². The van der Waals surface area contributed by atoms with Crippen LogP contribution in [0.5, 0.6) is 11.5 Å². The number of aryl methyl sites for hydroxylation is 3. The number of aromatic nitrogens is 4. The molecule has 8 nitrogen and oxygen atoms in total. The summed E-state index contributed by atoms with van der Waals surface area (Å²) in [4.78, 5) is 20.8. The van der Waals surface area contributed by atoms with E-state index in [0.717, 1.165) is 79.2 Å². The number of benzene rings is 1. The van der Waals surface area contributed by atoms with Gasteiger partial charge in [0, 0.05) is 49.8 Å². The molecule has 36 heavy (non-hydrogen) atoms. The molecule has 1 fully saturated rings. The predicted octanol–water partition coefficient (Wildman–Crippen LogP) is 4.56. The SMILES string of the molecule is Cc1nc(-c2c3n(c4c(N5CCN(Cc6ccc7c(c6)OCO7)CC5)ncnc24)CCCC3)sc1C. The van der Waals surface area contributed by atoms with Gasteiger partial charge in [0.15, 0.2) is 17.3 Å². The Morgan fingerprint density at radius 2 is 1.83 bits per heavy atom. The number of hydrogen-bond donors (Lipinski definition) is 0. The van der Waals surface area contributed by atoms with Crippen LogP contribution >= 0.6 is 11.3 Å². The van der Waals surface area contributed by atoms with Crippen LogP contribution < -0.4 is 14.4 Å². The zero-order chi connectivity index (χ0) is 24.2. The van der Waals surface area contributed by atoms with Crippen LogP contribution in [0.3, 0.4) is 0 Å². The van der Waals surface area contributed by atoms with E-state index in [1.807, 2.05) is 6.07 Å². The molecular formula is C27H30N6O2S. The fraction of sp³-hybridized carbons (Fsp3) is 0.444. The van der Waals surface area contributed by atoms with Crippen molar-refractivity contribution < 1.29 is 9.47 Å². The predicted molar refractivity (Wildman–Crippen MR) is 141 cm³/mol. The molecule has 0 bridgehead atoms. The summed E-state index contributed by atoms with van der Waals surface area (Å²) in [6.07, 6.45) is 5.24. The van der Waals surface area contributed by atoms with Gasteiger partial charge in [-0.05, 0) is 50.8 Å². The van der Waals surface area contributed by atoms with Crippen molar-refractivity contribution in [1.82, 2.24) is 24.4 Å². The lowest BCUT2D eigenvalue weighted by molar-refractivity contribution is 0.174.